The molecule has 0 aliphatic rings. The van der Waals surface area contributed by atoms with Gasteiger partial charge in [0, 0.05) is 0 Å². The van der Waals surface area contributed by atoms with Gasteiger partial charge >= 0.3 is 5.97 Å². The summed E-state index contributed by atoms with van der Waals surface area (Å²) >= 11 is 0. The first-order chi connectivity index (χ1) is 10.7. The summed E-state index contributed by atoms with van der Waals surface area (Å²) in [4.78, 5) is 11.5. The second-order valence-corrected chi connectivity index (χ2v) is 4.98. The first-order valence-electron chi connectivity index (χ1n) is 7.37. The maximum atomic E-state index is 11.5. The summed E-state index contributed by atoms with van der Waals surface area (Å²) in [6.07, 6.45) is 0.456. The molecule has 0 aliphatic heterocycles. The Morgan fingerprint density at radius 1 is 1.05 bits per heavy atom. The molecule has 4 heteroatoms. The molecule has 0 saturated heterocycles. The highest BCUT2D eigenvalue weighted by Gasteiger charge is 2.14. The van der Waals surface area contributed by atoms with Gasteiger partial charge in [0.1, 0.15) is 18.4 Å². The molecule has 1 atom stereocenters. The van der Waals surface area contributed by atoms with E-state index in [1.807, 2.05) is 54.6 Å². The molecule has 0 bridgehead atoms. The molecular weight excluding hydrogens is 278 g/mol. The predicted octanol–water partition coefficient (Wildman–Crippen LogP) is 2.70. The first-order valence-corrected chi connectivity index (χ1v) is 7.37. The lowest BCUT2D eigenvalue weighted by Crippen LogP contribution is -2.34. The predicted molar refractivity (Wildman–Crippen MR) is 85.5 cm³/mol. The second kappa shape index (κ2) is 8.20. The highest BCUT2D eigenvalue weighted by Crippen LogP contribution is 2.15. The van der Waals surface area contributed by atoms with Crippen molar-refractivity contribution in [2.75, 3.05) is 6.61 Å². The van der Waals surface area contributed by atoms with Crippen LogP contribution in [0.5, 0.6) is 5.75 Å². The average molecular weight is 299 g/mol. The summed E-state index contributed by atoms with van der Waals surface area (Å²) in [6, 6.07) is 17.0. The molecule has 0 unspecified atom stereocenters. The number of esters is 1. The molecule has 0 saturated carbocycles. The number of ether oxygens (including phenoxy) is 2. The molecule has 22 heavy (non-hydrogen) atoms. The molecule has 0 heterocycles. The second-order valence-electron chi connectivity index (χ2n) is 4.98. The lowest BCUT2D eigenvalue weighted by atomic mass is 10.1. The summed E-state index contributed by atoms with van der Waals surface area (Å²) < 4.78 is 10.6. The summed E-state index contributed by atoms with van der Waals surface area (Å²) in [5.74, 6) is 0.421. The molecule has 0 amide bonds. The van der Waals surface area contributed by atoms with Crippen molar-refractivity contribution in [1.29, 1.82) is 0 Å². The maximum Gasteiger partial charge on any atom is 0.323 e. The smallest absolute Gasteiger partial charge is 0.323 e. The van der Waals surface area contributed by atoms with Gasteiger partial charge in [-0.2, -0.15) is 0 Å². The quantitative estimate of drug-likeness (QED) is 0.799. The van der Waals surface area contributed by atoms with Crippen LogP contribution in [0.1, 0.15) is 18.1 Å². The van der Waals surface area contributed by atoms with E-state index in [1.54, 1.807) is 6.92 Å². The molecule has 116 valence electrons. The Kier molecular flexibility index (Phi) is 5.98. The summed E-state index contributed by atoms with van der Waals surface area (Å²) in [5.41, 5.74) is 7.90. The van der Waals surface area contributed by atoms with Crippen LogP contribution in [-0.2, 0) is 22.6 Å². The normalized spacial score (nSPS) is 11.7. The number of hydrogen-bond acceptors (Lipinski definition) is 4. The molecule has 2 N–H and O–H groups in total. The van der Waals surface area contributed by atoms with Crippen molar-refractivity contribution in [2.24, 2.45) is 5.73 Å². The number of carbonyl (C=O) groups excluding carboxylic acids is 1. The Hall–Kier alpha value is -2.33. The van der Waals surface area contributed by atoms with Crippen LogP contribution in [0.15, 0.2) is 54.6 Å². The van der Waals surface area contributed by atoms with Crippen molar-refractivity contribution in [3.63, 3.8) is 0 Å². The third kappa shape index (κ3) is 4.90. The van der Waals surface area contributed by atoms with Crippen molar-refractivity contribution < 1.29 is 14.3 Å². The average Bonchev–Trinajstić information content (AvgIpc) is 2.55. The zero-order valence-electron chi connectivity index (χ0n) is 12.7. The zero-order valence-corrected chi connectivity index (χ0v) is 12.7. The Morgan fingerprint density at radius 3 is 2.36 bits per heavy atom. The highest BCUT2D eigenvalue weighted by atomic mass is 16.5. The van der Waals surface area contributed by atoms with Crippen LogP contribution in [0.4, 0.5) is 0 Å². The number of rotatable bonds is 7. The first kappa shape index (κ1) is 16.0. The van der Waals surface area contributed by atoms with E-state index in [1.165, 1.54) is 0 Å². The number of carbonyl (C=O) groups is 1. The highest BCUT2D eigenvalue weighted by molar-refractivity contribution is 5.75. The number of benzene rings is 2. The van der Waals surface area contributed by atoms with Crippen LogP contribution in [0.25, 0.3) is 0 Å². The third-order valence-corrected chi connectivity index (χ3v) is 3.22. The van der Waals surface area contributed by atoms with Gasteiger partial charge in [0.15, 0.2) is 0 Å². The summed E-state index contributed by atoms with van der Waals surface area (Å²) in [6.45, 7) is 2.64. The number of hydrogen-bond donors (Lipinski definition) is 1. The Balaban J connectivity index is 1.86. The molecular formula is C18H21NO3. The lowest BCUT2D eigenvalue weighted by Gasteiger charge is -2.11. The van der Waals surface area contributed by atoms with Gasteiger partial charge in [-0.25, -0.2) is 0 Å². The fraction of sp³-hybridized carbons (Fsp3) is 0.278. The zero-order chi connectivity index (χ0) is 15.8. The van der Waals surface area contributed by atoms with E-state index in [0.29, 0.717) is 19.6 Å². The largest absolute Gasteiger partial charge is 0.489 e. The van der Waals surface area contributed by atoms with Crippen LogP contribution in [0.3, 0.4) is 0 Å². The fourth-order valence-electron chi connectivity index (χ4n) is 2.05. The van der Waals surface area contributed by atoms with E-state index in [4.69, 9.17) is 15.2 Å². The van der Waals surface area contributed by atoms with Gasteiger partial charge < -0.3 is 15.2 Å². The standard InChI is InChI=1S/C18H21NO3/c1-2-21-18(20)17(19)12-14-8-10-16(11-9-14)22-13-15-6-4-3-5-7-15/h3-11,17H,2,12-13,19H2,1H3/t17-/m1/s1. The van der Waals surface area contributed by atoms with Crippen molar-refractivity contribution >= 4 is 5.97 Å². The van der Waals surface area contributed by atoms with E-state index in [-0.39, 0.29) is 5.97 Å². The van der Waals surface area contributed by atoms with Crippen molar-refractivity contribution in [3.05, 3.63) is 65.7 Å². The van der Waals surface area contributed by atoms with E-state index < -0.39 is 6.04 Å². The van der Waals surface area contributed by atoms with Crippen LogP contribution in [0.2, 0.25) is 0 Å². The van der Waals surface area contributed by atoms with E-state index >= 15 is 0 Å². The lowest BCUT2D eigenvalue weighted by molar-refractivity contribution is -0.144. The van der Waals surface area contributed by atoms with Gasteiger partial charge in [0.05, 0.1) is 6.61 Å². The van der Waals surface area contributed by atoms with Crippen LogP contribution >= 0.6 is 0 Å². The summed E-state index contributed by atoms with van der Waals surface area (Å²) in [7, 11) is 0. The van der Waals surface area contributed by atoms with E-state index in [9.17, 15) is 4.79 Å². The van der Waals surface area contributed by atoms with Gasteiger partial charge in [0.2, 0.25) is 0 Å². The Bertz CT molecular complexity index is 581. The molecule has 0 aliphatic carbocycles. The van der Waals surface area contributed by atoms with E-state index in [2.05, 4.69) is 0 Å². The van der Waals surface area contributed by atoms with Crippen molar-refractivity contribution in [2.45, 2.75) is 26.0 Å². The molecule has 0 aromatic heterocycles. The Morgan fingerprint density at radius 2 is 1.73 bits per heavy atom. The molecule has 2 rings (SSSR count). The minimum atomic E-state index is -0.629. The number of nitrogens with two attached hydrogens (primary N) is 1. The van der Waals surface area contributed by atoms with Crippen LogP contribution in [-0.4, -0.2) is 18.6 Å². The molecule has 2 aromatic rings. The van der Waals surface area contributed by atoms with Gasteiger partial charge in [-0.15, -0.1) is 0 Å². The molecule has 4 nitrogen and oxygen atoms in total. The fourth-order valence-corrected chi connectivity index (χ4v) is 2.05. The van der Waals surface area contributed by atoms with Gasteiger partial charge in [-0.05, 0) is 36.6 Å². The third-order valence-electron chi connectivity index (χ3n) is 3.22. The maximum absolute atomic E-state index is 11.5. The van der Waals surface area contributed by atoms with Gasteiger partial charge in [-0.1, -0.05) is 42.5 Å². The molecule has 0 radical (unpaired) electrons. The minimum Gasteiger partial charge on any atom is -0.489 e. The van der Waals surface area contributed by atoms with Crippen molar-refractivity contribution in [3.8, 4) is 5.75 Å². The Labute approximate surface area is 130 Å². The minimum absolute atomic E-state index is 0.346. The molecule has 0 fully saturated rings. The van der Waals surface area contributed by atoms with Gasteiger partial charge in [-0.3, -0.25) is 4.79 Å². The SMILES string of the molecule is CCOC(=O)[C@H](N)Cc1ccc(OCc2ccccc2)cc1. The molecule has 0 spiro atoms. The molecule has 2 aromatic carbocycles. The van der Waals surface area contributed by atoms with Crippen LogP contribution in [0, 0.1) is 0 Å². The monoisotopic (exact) mass is 299 g/mol. The van der Waals surface area contributed by atoms with E-state index in [0.717, 1.165) is 16.9 Å². The topological polar surface area (TPSA) is 61.5 Å². The van der Waals surface area contributed by atoms with Gasteiger partial charge in [0.25, 0.3) is 0 Å². The summed E-state index contributed by atoms with van der Waals surface area (Å²) in [5, 5.41) is 0. The van der Waals surface area contributed by atoms with Crippen molar-refractivity contribution in [1.82, 2.24) is 0 Å². The van der Waals surface area contributed by atoms with Crippen LogP contribution < -0.4 is 10.5 Å².